The molecule has 2 N–H and O–H groups in total. The first-order valence-corrected chi connectivity index (χ1v) is 8.52. The number of piperidine rings is 1. The summed E-state index contributed by atoms with van der Waals surface area (Å²) in [6.07, 6.45) is 2.60. The normalized spacial score (nSPS) is 16.9. The molecule has 1 aromatic carbocycles. The van der Waals surface area contributed by atoms with E-state index in [1.165, 1.54) is 37.2 Å². The van der Waals surface area contributed by atoms with Crippen LogP contribution in [0.5, 0.6) is 0 Å². The molecule has 22 heavy (non-hydrogen) atoms. The summed E-state index contributed by atoms with van der Waals surface area (Å²) in [4.78, 5) is 9.05. The highest BCUT2D eigenvalue weighted by molar-refractivity contribution is 5.78. The Morgan fingerprint density at radius 2 is 1.77 bits per heavy atom. The van der Waals surface area contributed by atoms with Gasteiger partial charge in [-0.25, -0.2) is 4.99 Å². The van der Waals surface area contributed by atoms with Gasteiger partial charge in [-0.2, -0.15) is 0 Å². The quantitative estimate of drug-likeness (QED) is 0.671. The van der Waals surface area contributed by atoms with Crippen molar-refractivity contribution < 1.29 is 0 Å². The van der Waals surface area contributed by atoms with Gasteiger partial charge in [-0.05, 0) is 50.3 Å². The number of rotatable bonds is 5. The van der Waals surface area contributed by atoms with Gasteiger partial charge < -0.3 is 15.5 Å². The molecule has 0 bridgehead atoms. The van der Waals surface area contributed by atoms with E-state index in [1.807, 2.05) is 0 Å². The van der Waals surface area contributed by atoms with Crippen molar-refractivity contribution in [2.24, 2.45) is 16.6 Å². The summed E-state index contributed by atoms with van der Waals surface area (Å²) in [6, 6.07) is 8.78. The number of hydrogen-bond donors (Lipinski definition) is 1. The van der Waals surface area contributed by atoms with Crippen molar-refractivity contribution in [3.63, 3.8) is 0 Å². The maximum Gasteiger partial charge on any atom is 0.191 e. The Balaban J connectivity index is 1.93. The molecule has 0 saturated carbocycles. The molecule has 0 aromatic heterocycles. The lowest BCUT2D eigenvalue weighted by atomic mass is 9.99. The van der Waals surface area contributed by atoms with E-state index in [9.17, 15) is 0 Å². The number of benzene rings is 1. The van der Waals surface area contributed by atoms with Gasteiger partial charge >= 0.3 is 0 Å². The van der Waals surface area contributed by atoms with Gasteiger partial charge in [0.05, 0.1) is 6.54 Å². The molecule has 1 aliphatic rings. The molecule has 0 spiro atoms. The summed E-state index contributed by atoms with van der Waals surface area (Å²) in [6.45, 7) is 11.3. The Kier molecular flexibility index (Phi) is 6.10. The Bertz CT molecular complexity index is 468. The van der Waals surface area contributed by atoms with Crippen molar-refractivity contribution in [2.45, 2.75) is 40.2 Å². The first-order chi connectivity index (χ1) is 10.6. The van der Waals surface area contributed by atoms with Gasteiger partial charge in [0.15, 0.2) is 5.96 Å². The van der Waals surface area contributed by atoms with Crippen LogP contribution in [0.4, 0.5) is 5.69 Å². The van der Waals surface area contributed by atoms with Gasteiger partial charge in [-0.3, -0.25) is 0 Å². The van der Waals surface area contributed by atoms with Crippen molar-refractivity contribution in [2.75, 3.05) is 31.1 Å². The third-order valence-corrected chi connectivity index (χ3v) is 4.60. The largest absolute Gasteiger partial charge is 0.372 e. The lowest BCUT2D eigenvalue weighted by molar-refractivity contribution is 0.438. The minimum absolute atomic E-state index is 0.638. The molecular formula is C18H30N4. The van der Waals surface area contributed by atoms with Gasteiger partial charge in [-0.1, -0.05) is 19.1 Å². The van der Waals surface area contributed by atoms with E-state index >= 15 is 0 Å². The molecule has 2 rings (SSSR count). The van der Waals surface area contributed by atoms with Crippen molar-refractivity contribution in [1.29, 1.82) is 0 Å². The summed E-state index contributed by atoms with van der Waals surface area (Å²) >= 11 is 0. The minimum Gasteiger partial charge on any atom is -0.372 e. The molecule has 1 fully saturated rings. The van der Waals surface area contributed by atoms with Gasteiger partial charge in [0.25, 0.3) is 0 Å². The first kappa shape index (κ1) is 16.7. The van der Waals surface area contributed by atoms with E-state index in [2.05, 4.69) is 59.8 Å². The van der Waals surface area contributed by atoms with Crippen molar-refractivity contribution in [3.8, 4) is 0 Å². The van der Waals surface area contributed by atoms with E-state index in [0.29, 0.717) is 12.5 Å². The topological polar surface area (TPSA) is 44.9 Å². The molecule has 1 aliphatic heterocycles. The van der Waals surface area contributed by atoms with Gasteiger partial charge in [-0.15, -0.1) is 0 Å². The number of nitrogens with zero attached hydrogens (tertiary/aromatic N) is 3. The minimum atomic E-state index is 0.638. The van der Waals surface area contributed by atoms with Crippen molar-refractivity contribution in [3.05, 3.63) is 29.8 Å². The van der Waals surface area contributed by atoms with Crippen LogP contribution in [0.3, 0.4) is 0 Å². The molecule has 0 atom stereocenters. The van der Waals surface area contributed by atoms with Crippen LogP contribution in [0.15, 0.2) is 29.3 Å². The fourth-order valence-electron chi connectivity index (χ4n) is 2.90. The fraction of sp³-hybridized carbons (Fsp3) is 0.611. The molecule has 0 amide bonds. The standard InChI is InChI=1S/C18H30N4/c1-4-21(5-2)18(19)20-14-16-6-8-17(9-7-16)22-12-10-15(3)11-13-22/h6-9,15H,4-5,10-14H2,1-3H3,(H2,19,20). The van der Waals surface area contributed by atoms with Gasteiger partial charge in [0.1, 0.15) is 0 Å². The van der Waals surface area contributed by atoms with Crippen LogP contribution in [-0.2, 0) is 6.54 Å². The first-order valence-electron chi connectivity index (χ1n) is 8.52. The van der Waals surface area contributed by atoms with Crippen LogP contribution >= 0.6 is 0 Å². The van der Waals surface area contributed by atoms with Crippen molar-refractivity contribution >= 4 is 11.6 Å². The number of aliphatic imine (C=N–C) groups is 1. The zero-order chi connectivity index (χ0) is 15.9. The van der Waals surface area contributed by atoms with Crippen molar-refractivity contribution in [1.82, 2.24) is 4.90 Å². The molecule has 4 heteroatoms. The van der Waals surface area contributed by atoms with E-state index in [0.717, 1.165) is 19.0 Å². The summed E-state index contributed by atoms with van der Waals surface area (Å²) in [5, 5.41) is 0. The average molecular weight is 302 g/mol. The second-order valence-electron chi connectivity index (χ2n) is 6.18. The third kappa shape index (κ3) is 4.39. The lowest BCUT2D eigenvalue weighted by Gasteiger charge is -2.32. The molecule has 1 saturated heterocycles. The van der Waals surface area contributed by atoms with Crippen LogP contribution in [0.1, 0.15) is 39.2 Å². The maximum absolute atomic E-state index is 6.01. The smallest absolute Gasteiger partial charge is 0.191 e. The predicted molar refractivity (Wildman–Crippen MR) is 95.3 cm³/mol. The highest BCUT2D eigenvalue weighted by atomic mass is 15.2. The van der Waals surface area contributed by atoms with Gasteiger partial charge in [0, 0.05) is 31.9 Å². The Labute approximate surface area is 135 Å². The third-order valence-electron chi connectivity index (χ3n) is 4.60. The molecule has 0 radical (unpaired) electrons. The Morgan fingerprint density at radius 1 is 1.18 bits per heavy atom. The van der Waals surface area contributed by atoms with Gasteiger partial charge in [0.2, 0.25) is 0 Å². The van der Waals surface area contributed by atoms with Crippen LogP contribution < -0.4 is 10.6 Å². The van der Waals surface area contributed by atoms with E-state index in [1.54, 1.807) is 0 Å². The van der Waals surface area contributed by atoms with E-state index in [-0.39, 0.29) is 0 Å². The monoisotopic (exact) mass is 302 g/mol. The fourth-order valence-corrected chi connectivity index (χ4v) is 2.90. The molecule has 1 aromatic rings. The molecule has 4 nitrogen and oxygen atoms in total. The van der Waals surface area contributed by atoms with E-state index in [4.69, 9.17) is 5.73 Å². The molecule has 0 aliphatic carbocycles. The number of nitrogens with two attached hydrogens (primary N) is 1. The number of guanidine groups is 1. The zero-order valence-electron chi connectivity index (χ0n) is 14.3. The summed E-state index contributed by atoms with van der Waals surface area (Å²) < 4.78 is 0. The Morgan fingerprint density at radius 3 is 2.32 bits per heavy atom. The molecule has 122 valence electrons. The lowest BCUT2D eigenvalue weighted by Crippen LogP contribution is -2.37. The highest BCUT2D eigenvalue weighted by Gasteiger charge is 2.15. The average Bonchev–Trinajstić information content (AvgIpc) is 2.55. The molecule has 0 unspecified atom stereocenters. The number of hydrogen-bond acceptors (Lipinski definition) is 2. The Hall–Kier alpha value is -1.71. The predicted octanol–water partition coefficient (Wildman–Crippen LogP) is 3.08. The molecular weight excluding hydrogens is 272 g/mol. The summed E-state index contributed by atoms with van der Waals surface area (Å²) in [5.74, 6) is 1.51. The molecule has 1 heterocycles. The number of anilines is 1. The second-order valence-corrected chi connectivity index (χ2v) is 6.18. The SMILES string of the molecule is CCN(CC)C(N)=NCc1ccc(N2CCC(C)CC2)cc1. The zero-order valence-corrected chi connectivity index (χ0v) is 14.3. The van der Waals surface area contributed by atoms with E-state index < -0.39 is 0 Å². The summed E-state index contributed by atoms with van der Waals surface area (Å²) in [5.41, 5.74) is 8.56. The van der Waals surface area contributed by atoms with Crippen LogP contribution in [0.2, 0.25) is 0 Å². The van der Waals surface area contributed by atoms with Crippen LogP contribution in [-0.4, -0.2) is 37.0 Å². The highest BCUT2D eigenvalue weighted by Crippen LogP contribution is 2.23. The second kappa shape index (κ2) is 8.06. The summed E-state index contributed by atoms with van der Waals surface area (Å²) in [7, 11) is 0. The van der Waals surface area contributed by atoms with Crippen LogP contribution in [0.25, 0.3) is 0 Å². The van der Waals surface area contributed by atoms with Crippen LogP contribution in [0, 0.1) is 5.92 Å². The maximum atomic E-state index is 6.01.